The number of phenols is 1. The highest BCUT2D eigenvalue weighted by atomic mass is 32.2. The standard InChI is InChI=1S/C24H36N4O8S/c1-13(2)20(23(34)27-18(24(35)36)8-9-19(30)31)28-22(33)17(10-11-37-3)26-21(32)16(25)12-14-4-6-15(29)7-5-14/h4-7,13,16-18,20,29H,8-12,25H2,1-3H3,(H,26,32)(H,27,34)(H,28,33)(H,30,31)(H,35,36). The van der Waals surface area contributed by atoms with E-state index in [2.05, 4.69) is 16.0 Å². The van der Waals surface area contributed by atoms with Crippen LogP contribution in [0.4, 0.5) is 0 Å². The van der Waals surface area contributed by atoms with E-state index in [-0.39, 0.29) is 25.0 Å². The van der Waals surface area contributed by atoms with Crippen molar-refractivity contribution in [2.24, 2.45) is 11.7 Å². The Labute approximate surface area is 219 Å². The molecule has 206 valence electrons. The number of aliphatic carboxylic acids is 2. The second-order valence-electron chi connectivity index (χ2n) is 8.88. The summed E-state index contributed by atoms with van der Waals surface area (Å²) < 4.78 is 0. The number of phenolic OH excluding ortho intramolecular Hbond substituents is 1. The molecule has 0 fully saturated rings. The van der Waals surface area contributed by atoms with Gasteiger partial charge in [0.1, 0.15) is 23.9 Å². The van der Waals surface area contributed by atoms with Gasteiger partial charge in [0.05, 0.1) is 6.04 Å². The molecule has 0 bridgehead atoms. The summed E-state index contributed by atoms with van der Waals surface area (Å²) in [5.74, 6) is -4.41. The van der Waals surface area contributed by atoms with E-state index in [0.717, 1.165) is 5.56 Å². The van der Waals surface area contributed by atoms with E-state index < -0.39 is 66.2 Å². The molecule has 0 aliphatic carbocycles. The second kappa shape index (κ2) is 15.7. The van der Waals surface area contributed by atoms with Gasteiger partial charge in [-0.15, -0.1) is 0 Å². The smallest absolute Gasteiger partial charge is 0.326 e. The molecule has 4 unspecified atom stereocenters. The third kappa shape index (κ3) is 11.5. The fourth-order valence-corrected chi connectivity index (χ4v) is 3.81. The highest BCUT2D eigenvalue weighted by molar-refractivity contribution is 7.98. The van der Waals surface area contributed by atoms with Crippen LogP contribution in [0.5, 0.6) is 5.75 Å². The summed E-state index contributed by atoms with van der Waals surface area (Å²) in [7, 11) is 0. The fraction of sp³-hybridized carbons (Fsp3) is 0.542. The fourth-order valence-electron chi connectivity index (χ4n) is 3.34. The number of amides is 3. The van der Waals surface area contributed by atoms with E-state index in [0.29, 0.717) is 5.75 Å². The normalized spacial score (nSPS) is 14.2. The quantitative estimate of drug-likeness (QED) is 0.150. The summed E-state index contributed by atoms with van der Waals surface area (Å²) in [6.07, 6.45) is 1.49. The van der Waals surface area contributed by atoms with Crippen LogP contribution in [-0.4, -0.2) is 81.2 Å². The van der Waals surface area contributed by atoms with E-state index in [1.54, 1.807) is 26.0 Å². The Morgan fingerprint density at radius 2 is 1.49 bits per heavy atom. The number of nitrogens with two attached hydrogens (primary N) is 1. The van der Waals surface area contributed by atoms with Gasteiger partial charge in [-0.2, -0.15) is 11.8 Å². The zero-order valence-electron chi connectivity index (χ0n) is 21.1. The molecular formula is C24H36N4O8S. The predicted molar refractivity (Wildman–Crippen MR) is 138 cm³/mol. The monoisotopic (exact) mass is 540 g/mol. The van der Waals surface area contributed by atoms with Crippen LogP contribution >= 0.6 is 11.8 Å². The zero-order valence-corrected chi connectivity index (χ0v) is 21.9. The number of benzene rings is 1. The van der Waals surface area contributed by atoms with Gasteiger partial charge in [0, 0.05) is 6.42 Å². The van der Waals surface area contributed by atoms with Crippen molar-refractivity contribution in [2.75, 3.05) is 12.0 Å². The van der Waals surface area contributed by atoms with Crippen molar-refractivity contribution in [2.45, 2.75) is 63.7 Å². The molecule has 12 nitrogen and oxygen atoms in total. The van der Waals surface area contributed by atoms with Crippen molar-refractivity contribution in [3.8, 4) is 5.75 Å². The number of carboxylic acids is 2. The van der Waals surface area contributed by atoms with E-state index in [4.69, 9.17) is 10.8 Å². The molecule has 0 aromatic heterocycles. The Morgan fingerprint density at radius 3 is 2.00 bits per heavy atom. The lowest BCUT2D eigenvalue weighted by Crippen LogP contribution is -2.58. The lowest BCUT2D eigenvalue weighted by molar-refractivity contribution is -0.143. The van der Waals surface area contributed by atoms with Gasteiger partial charge in [-0.3, -0.25) is 19.2 Å². The molecule has 1 aromatic carbocycles. The molecule has 0 saturated carbocycles. The molecule has 0 saturated heterocycles. The Balaban J connectivity index is 2.90. The van der Waals surface area contributed by atoms with Gasteiger partial charge in [-0.1, -0.05) is 26.0 Å². The number of carbonyl (C=O) groups excluding carboxylic acids is 3. The predicted octanol–water partition coefficient (Wildman–Crippen LogP) is 0.0749. The first-order chi connectivity index (χ1) is 17.3. The summed E-state index contributed by atoms with van der Waals surface area (Å²) in [6.45, 7) is 3.31. The lowest BCUT2D eigenvalue weighted by atomic mass is 10.0. The van der Waals surface area contributed by atoms with E-state index >= 15 is 0 Å². The van der Waals surface area contributed by atoms with Crippen molar-refractivity contribution in [3.05, 3.63) is 29.8 Å². The molecule has 13 heteroatoms. The molecule has 1 rings (SSSR count). The van der Waals surface area contributed by atoms with Crippen LogP contribution in [-0.2, 0) is 30.4 Å². The van der Waals surface area contributed by atoms with Crippen LogP contribution in [0.15, 0.2) is 24.3 Å². The van der Waals surface area contributed by atoms with Crippen LogP contribution in [0, 0.1) is 5.92 Å². The lowest BCUT2D eigenvalue weighted by Gasteiger charge is -2.27. The number of rotatable bonds is 16. The molecular weight excluding hydrogens is 504 g/mol. The molecule has 0 aliphatic heterocycles. The van der Waals surface area contributed by atoms with Crippen LogP contribution in [0.25, 0.3) is 0 Å². The first kappa shape index (κ1) is 31.7. The molecule has 8 N–H and O–H groups in total. The molecule has 1 aromatic rings. The molecule has 37 heavy (non-hydrogen) atoms. The average Bonchev–Trinajstić information content (AvgIpc) is 2.83. The minimum absolute atomic E-state index is 0.0795. The number of hydrogen-bond acceptors (Lipinski definition) is 8. The summed E-state index contributed by atoms with van der Waals surface area (Å²) in [5, 5.41) is 35.0. The molecule has 0 heterocycles. The van der Waals surface area contributed by atoms with Gasteiger partial charge in [0.15, 0.2) is 0 Å². The SMILES string of the molecule is CSCCC(NC(=O)C(N)Cc1ccc(O)cc1)C(=O)NC(C(=O)NC(CCC(=O)O)C(=O)O)C(C)C. The van der Waals surface area contributed by atoms with Gasteiger partial charge in [-0.25, -0.2) is 4.79 Å². The number of aromatic hydroxyl groups is 1. The van der Waals surface area contributed by atoms with Gasteiger partial charge in [0.25, 0.3) is 0 Å². The second-order valence-corrected chi connectivity index (χ2v) is 9.87. The Morgan fingerprint density at radius 1 is 0.892 bits per heavy atom. The molecule has 0 spiro atoms. The first-order valence-corrected chi connectivity index (χ1v) is 13.1. The van der Waals surface area contributed by atoms with Crippen molar-refractivity contribution in [3.63, 3.8) is 0 Å². The Hall–Kier alpha value is -3.32. The average molecular weight is 541 g/mol. The molecule has 0 radical (unpaired) electrons. The highest BCUT2D eigenvalue weighted by Gasteiger charge is 2.32. The number of carbonyl (C=O) groups is 5. The van der Waals surface area contributed by atoms with Crippen LogP contribution < -0.4 is 21.7 Å². The summed E-state index contributed by atoms with van der Waals surface area (Å²) in [4.78, 5) is 60.9. The Bertz CT molecular complexity index is 941. The summed E-state index contributed by atoms with van der Waals surface area (Å²) in [5.41, 5.74) is 6.74. The van der Waals surface area contributed by atoms with E-state index in [1.807, 2.05) is 6.26 Å². The maximum absolute atomic E-state index is 13.1. The van der Waals surface area contributed by atoms with Gasteiger partial charge in [0.2, 0.25) is 17.7 Å². The van der Waals surface area contributed by atoms with Crippen LogP contribution in [0.2, 0.25) is 0 Å². The van der Waals surface area contributed by atoms with Gasteiger partial charge < -0.3 is 37.0 Å². The molecule has 4 atom stereocenters. The van der Waals surface area contributed by atoms with Crippen molar-refractivity contribution >= 4 is 41.4 Å². The summed E-state index contributed by atoms with van der Waals surface area (Å²) >= 11 is 1.46. The minimum Gasteiger partial charge on any atom is -0.508 e. The third-order valence-electron chi connectivity index (χ3n) is 5.48. The van der Waals surface area contributed by atoms with Gasteiger partial charge >= 0.3 is 11.9 Å². The number of nitrogens with one attached hydrogen (secondary N) is 3. The maximum Gasteiger partial charge on any atom is 0.326 e. The third-order valence-corrected chi connectivity index (χ3v) is 6.12. The first-order valence-electron chi connectivity index (χ1n) is 11.7. The van der Waals surface area contributed by atoms with Crippen molar-refractivity contribution < 1.29 is 39.3 Å². The van der Waals surface area contributed by atoms with E-state index in [1.165, 1.54) is 23.9 Å². The Kier molecular flexibility index (Phi) is 13.5. The topological polar surface area (TPSA) is 208 Å². The van der Waals surface area contributed by atoms with Crippen molar-refractivity contribution in [1.82, 2.24) is 16.0 Å². The summed E-state index contributed by atoms with van der Waals surface area (Å²) in [6, 6.07) is 1.68. The van der Waals surface area contributed by atoms with E-state index in [9.17, 15) is 34.2 Å². The zero-order chi connectivity index (χ0) is 28.1. The van der Waals surface area contributed by atoms with Crippen LogP contribution in [0.1, 0.15) is 38.7 Å². The minimum atomic E-state index is -1.44. The van der Waals surface area contributed by atoms with Gasteiger partial charge in [-0.05, 0) is 54.9 Å². The number of hydrogen-bond donors (Lipinski definition) is 7. The maximum atomic E-state index is 13.1. The van der Waals surface area contributed by atoms with Crippen LogP contribution in [0.3, 0.4) is 0 Å². The highest BCUT2D eigenvalue weighted by Crippen LogP contribution is 2.12. The van der Waals surface area contributed by atoms with Crippen molar-refractivity contribution in [1.29, 1.82) is 0 Å². The molecule has 0 aliphatic rings. The molecule has 3 amide bonds. The largest absolute Gasteiger partial charge is 0.508 e. The number of carboxylic acid groups (broad SMARTS) is 2. The number of thioether (sulfide) groups is 1.